The van der Waals surface area contributed by atoms with Gasteiger partial charge in [0.05, 0.1) is 11.3 Å². The van der Waals surface area contributed by atoms with Gasteiger partial charge in [-0.2, -0.15) is 5.10 Å². The standard InChI is InChI=1S/C18H14N2O5/c21-16-13(18(24)25)9-10-5-1-2-6-11(10)15(16)20-19-14-8-4-3-7-12(14)17(22)23/h1-11,19H,(H,22,23)(H,24,25)/b20-15-. The van der Waals surface area contributed by atoms with Crippen LogP contribution in [-0.4, -0.2) is 33.6 Å². The van der Waals surface area contributed by atoms with Gasteiger partial charge in [-0.15, -0.1) is 0 Å². The van der Waals surface area contributed by atoms with Crippen LogP contribution in [0.4, 0.5) is 5.69 Å². The number of carboxylic acid groups (broad SMARTS) is 2. The molecule has 0 bridgehead atoms. The molecule has 126 valence electrons. The molecule has 2 aliphatic rings. The molecule has 2 aliphatic carbocycles. The molecular formula is C18H14N2O5. The van der Waals surface area contributed by atoms with E-state index >= 15 is 0 Å². The number of benzene rings is 1. The summed E-state index contributed by atoms with van der Waals surface area (Å²) in [7, 11) is 0. The summed E-state index contributed by atoms with van der Waals surface area (Å²) in [5.74, 6) is -3.82. The number of aliphatic carboxylic acids is 1. The summed E-state index contributed by atoms with van der Waals surface area (Å²) in [6, 6.07) is 6.13. The highest BCUT2D eigenvalue weighted by atomic mass is 16.4. The topological polar surface area (TPSA) is 116 Å². The first kappa shape index (κ1) is 16.4. The lowest BCUT2D eigenvalue weighted by Crippen LogP contribution is -2.37. The number of aromatic carboxylic acids is 1. The minimum absolute atomic E-state index is 0.000240. The van der Waals surface area contributed by atoms with Crippen LogP contribution in [0.5, 0.6) is 0 Å². The first-order chi connectivity index (χ1) is 12.0. The van der Waals surface area contributed by atoms with Crippen LogP contribution in [0, 0.1) is 11.8 Å². The SMILES string of the molecule is O=C(O)C1=CC2C=CC=CC2/C(=N/Nc2ccccc2C(=O)O)C1=O. The van der Waals surface area contributed by atoms with Crippen LogP contribution < -0.4 is 5.43 Å². The van der Waals surface area contributed by atoms with Crippen molar-refractivity contribution in [3.8, 4) is 0 Å². The lowest BCUT2D eigenvalue weighted by molar-refractivity contribution is -0.134. The number of ketones is 1. The third-order valence-electron chi connectivity index (χ3n) is 4.01. The summed E-state index contributed by atoms with van der Waals surface area (Å²) in [5.41, 5.74) is 2.50. The number of para-hydroxylation sites is 1. The Hall–Kier alpha value is -3.48. The molecule has 25 heavy (non-hydrogen) atoms. The van der Waals surface area contributed by atoms with E-state index in [-0.39, 0.29) is 28.5 Å². The highest BCUT2D eigenvalue weighted by molar-refractivity contribution is 6.52. The Morgan fingerprint density at radius 3 is 2.48 bits per heavy atom. The largest absolute Gasteiger partial charge is 0.478 e. The Kier molecular flexibility index (Phi) is 4.30. The molecule has 3 rings (SSSR count). The van der Waals surface area contributed by atoms with Crippen LogP contribution in [0.2, 0.25) is 0 Å². The van der Waals surface area contributed by atoms with Gasteiger partial charge in [0.25, 0.3) is 0 Å². The maximum atomic E-state index is 12.5. The van der Waals surface area contributed by atoms with E-state index in [4.69, 9.17) is 0 Å². The van der Waals surface area contributed by atoms with Gasteiger partial charge in [0, 0.05) is 11.8 Å². The van der Waals surface area contributed by atoms with Crippen LogP contribution >= 0.6 is 0 Å². The number of fused-ring (bicyclic) bond motifs is 1. The Labute approximate surface area is 142 Å². The van der Waals surface area contributed by atoms with Crippen LogP contribution in [0.3, 0.4) is 0 Å². The molecule has 0 fully saturated rings. The average Bonchev–Trinajstić information content (AvgIpc) is 2.60. The average molecular weight is 338 g/mol. The maximum Gasteiger partial charge on any atom is 0.339 e. The van der Waals surface area contributed by atoms with Crippen LogP contribution in [-0.2, 0) is 9.59 Å². The van der Waals surface area contributed by atoms with Gasteiger partial charge in [-0.05, 0) is 12.1 Å². The fourth-order valence-corrected chi connectivity index (χ4v) is 2.80. The summed E-state index contributed by atoms with van der Waals surface area (Å²) >= 11 is 0. The summed E-state index contributed by atoms with van der Waals surface area (Å²) in [6.45, 7) is 0. The summed E-state index contributed by atoms with van der Waals surface area (Å²) < 4.78 is 0. The molecule has 3 N–H and O–H groups in total. The van der Waals surface area contributed by atoms with E-state index in [1.807, 2.05) is 0 Å². The van der Waals surface area contributed by atoms with Gasteiger partial charge >= 0.3 is 11.9 Å². The second kappa shape index (κ2) is 6.56. The molecule has 0 spiro atoms. The second-order valence-corrected chi connectivity index (χ2v) is 5.55. The number of nitrogens with zero attached hydrogens (tertiary/aromatic N) is 1. The predicted molar refractivity (Wildman–Crippen MR) is 90.4 cm³/mol. The minimum Gasteiger partial charge on any atom is -0.478 e. The molecule has 2 unspecified atom stereocenters. The smallest absolute Gasteiger partial charge is 0.339 e. The molecule has 7 nitrogen and oxygen atoms in total. The molecular weight excluding hydrogens is 324 g/mol. The van der Waals surface area contributed by atoms with Crippen molar-refractivity contribution in [3.63, 3.8) is 0 Å². The van der Waals surface area contributed by atoms with Crippen molar-refractivity contribution in [3.05, 3.63) is 65.8 Å². The zero-order valence-corrected chi connectivity index (χ0v) is 12.9. The Bertz CT molecular complexity index is 879. The third kappa shape index (κ3) is 3.12. The Balaban J connectivity index is 1.99. The first-order valence-electron chi connectivity index (χ1n) is 7.49. The normalized spacial score (nSPS) is 23.1. The highest BCUT2D eigenvalue weighted by Gasteiger charge is 2.37. The van der Waals surface area contributed by atoms with Crippen LogP contribution in [0.25, 0.3) is 0 Å². The molecule has 0 saturated heterocycles. The number of anilines is 1. The first-order valence-corrected chi connectivity index (χ1v) is 7.49. The molecule has 1 aromatic carbocycles. The van der Waals surface area contributed by atoms with E-state index in [2.05, 4.69) is 10.5 Å². The van der Waals surface area contributed by atoms with Gasteiger partial charge in [-0.25, -0.2) is 9.59 Å². The molecule has 0 radical (unpaired) electrons. The lowest BCUT2D eigenvalue weighted by Gasteiger charge is -2.27. The number of Topliss-reactive ketones (excluding diaryl/α,β-unsaturated/α-hetero) is 1. The lowest BCUT2D eigenvalue weighted by atomic mass is 9.76. The van der Waals surface area contributed by atoms with Gasteiger partial charge in [0.1, 0.15) is 11.3 Å². The van der Waals surface area contributed by atoms with E-state index in [0.717, 1.165) is 0 Å². The zero-order valence-electron chi connectivity index (χ0n) is 12.9. The molecule has 7 heteroatoms. The van der Waals surface area contributed by atoms with E-state index < -0.39 is 23.6 Å². The molecule has 1 aromatic rings. The molecule has 0 amide bonds. The zero-order chi connectivity index (χ0) is 18.0. The van der Waals surface area contributed by atoms with Gasteiger partial charge in [0.2, 0.25) is 5.78 Å². The number of allylic oxidation sites excluding steroid dienone is 5. The number of carbonyl (C=O) groups is 3. The van der Waals surface area contributed by atoms with Crippen LogP contribution in [0.15, 0.2) is 65.3 Å². The number of hydrazone groups is 1. The van der Waals surface area contributed by atoms with E-state index in [1.54, 1.807) is 36.4 Å². The third-order valence-corrected chi connectivity index (χ3v) is 4.01. The van der Waals surface area contributed by atoms with Crippen molar-refractivity contribution >= 4 is 29.1 Å². The molecule has 0 aromatic heterocycles. The number of carboxylic acids is 2. The summed E-state index contributed by atoms with van der Waals surface area (Å²) in [5, 5.41) is 22.5. The molecule has 0 aliphatic heterocycles. The number of hydrogen-bond donors (Lipinski definition) is 3. The number of rotatable bonds is 4. The minimum atomic E-state index is -1.31. The fraction of sp³-hybridized carbons (Fsp3) is 0.111. The van der Waals surface area contributed by atoms with Crippen molar-refractivity contribution in [2.75, 3.05) is 5.43 Å². The quantitative estimate of drug-likeness (QED) is 0.572. The molecule has 0 heterocycles. The monoisotopic (exact) mass is 338 g/mol. The molecule has 0 saturated carbocycles. The Morgan fingerprint density at radius 1 is 1.04 bits per heavy atom. The van der Waals surface area contributed by atoms with E-state index in [0.29, 0.717) is 0 Å². The van der Waals surface area contributed by atoms with Crippen molar-refractivity contribution in [2.45, 2.75) is 0 Å². The van der Waals surface area contributed by atoms with Gasteiger partial charge in [0.15, 0.2) is 0 Å². The van der Waals surface area contributed by atoms with Crippen LogP contribution in [0.1, 0.15) is 10.4 Å². The van der Waals surface area contributed by atoms with E-state index in [9.17, 15) is 24.6 Å². The highest BCUT2D eigenvalue weighted by Crippen LogP contribution is 2.30. The summed E-state index contributed by atoms with van der Waals surface area (Å²) in [4.78, 5) is 35.0. The fourth-order valence-electron chi connectivity index (χ4n) is 2.80. The van der Waals surface area contributed by atoms with Crippen molar-refractivity contribution in [2.24, 2.45) is 16.9 Å². The number of carbonyl (C=O) groups excluding carboxylic acids is 1. The maximum absolute atomic E-state index is 12.5. The second-order valence-electron chi connectivity index (χ2n) is 5.55. The number of nitrogens with one attached hydrogen (secondary N) is 1. The molecule has 2 atom stereocenters. The Morgan fingerprint density at radius 2 is 1.76 bits per heavy atom. The summed E-state index contributed by atoms with van der Waals surface area (Å²) in [6.07, 6.45) is 8.51. The predicted octanol–water partition coefficient (Wildman–Crippen LogP) is 2.10. The van der Waals surface area contributed by atoms with Crippen molar-refractivity contribution in [1.29, 1.82) is 0 Å². The van der Waals surface area contributed by atoms with Gasteiger partial charge in [-0.1, -0.05) is 42.5 Å². The van der Waals surface area contributed by atoms with Crippen molar-refractivity contribution < 1.29 is 24.6 Å². The number of hydrogen-bond acceptors (Lipinski definition) is 5. The van der Waals surface area contributed by atoms with Gasteiger partial charge < -0.3 is 10.2 Å². The van der Waals surface area contributed by atoms with E-state index in [1.165, 1.54) is 18.2 Å². The van der Waals surface area contributed by atoms with Gasteiger partial charge in [-0.3, -0.25) is 10.2 Å². The van der Waals surface area contributed by atoms with Crippen molar-refractivity contribution in [1.82, 2.24) is 0 Å².